The second-order valence-corrected chi connectivity index (χ2v) is 10.4. The topological polar surface area (TPSA) is 59.8 Å². The van der Waals surface area contributed by atoms with Crippen LogP contribution in [0.3, 0.4) is 0 Å². The Balaban J connectivity index is 1.40. The SMILES string of the molecule is CC(C)c1nn(-c2ccccc2)c(Oc2cccc(F)c2)c1CN(C[C@@H](O)COCc1ccccc1)C1CC1. The Labute approximate surface area is 229 Å². The first kappa shape index (κ1) is 27.1. The average molecular weight is 530 g/mol. The molecule has 1 heterocycles. The van der Waals surface area contributed by atoms with Crippen LogP contribution in [0.2, 0.25) is 0 Å². The number of ether oxygens (including phenoxy) is 2. The number of aromatic nitrogens is 2. The summed E-state index contributed by atoms with van der Waals surface area (Å²) in [6.07, 6.45) is 1.54. The van der Waals surface area contributed by atoms with E-state index in [-0.39, 0.29) is 18.3 Å². The van der Waals surface area contributed by atoms with Gasteiger partial charge in [-0.15, -0.1) is 0 Å². The molecule has 1 atom stereocenters. The summed E-state index contributed by atoms with van der Waals surface area (Å²) in [6, 6.07) is 26.4. The van der Waals surface area contributed by atoms with Crippen molar-refractivity contribution in [3.63, 3.8) is 0 Å². The van der Waals surface area contributed by atoms with Gasteiger partial charge in [-0.2, -0.15) is 5.10 Å². The first-order valence-electron chi connectivity index (χ1n) is 13.6. The highest BCUT2D eigenvalue weighted by atomic mass is 19.1. The molecule has 1 aromatic heterocycles. The van der Waals surface area contributed by atoms with Gasteiger partial charge in [0.05, 0.1) is 36.3 Å². The Morgan fingerprint density at radius 1 is 1.00 bits per heavy atom. The molecule has 0 saturated heterocycles. The summed E-state index contributed by atoms with van der Waals surface area (Å²) in [7, 11) is 0. The van der Waals surface area contributed by atoms with Crippen molar-refractivity contribution >= 4 is 0 Å². The molecule has 3 aromatic carbocycles. The van der Waals surface area contributed by atoms with Crippen molar-refractivity contribution in [1.29, 1.82) is 0 Å². The summed E-state index contributed by atoms with van der Waals surface area (Å²) in [6.45, 7) is 5.99. The van der Waals surface area contributed by atoms with Gasteiger partial charge in [-0.05, 0) is 48.6 Å². The molecule has 0 aliphatic heterocycles. The van der Waals surface area contributed by atoms with Crippen LogP contribution in [0.5, 0.6) is 11.6 Å². The van der Waals surface area contributed by atoms with Gasteiger partial charge < -0.3 is 14.6 Å². The molecule has 4 aromatic rings. The minimum atomic E-state index is -0.631. The van der Waals surface area contributed by atoms with Crippen molar-refractivity contribution in [3.05, 3.63) is 108 Å². The minimum Gasteiger partial charge on any atom is -0.438 e. The first-order chi connectivity index (χ1) is 19.0. The zero-order valence-corrected chi connectivity index (χ0v) is 22.5. The Kier molecular flexibility index (Phi) is 8.71. The Morgan fingerprint density at radius 2 is 1.72 bits per heavy atom. The van der Waals surface area contributed by atoms with Gasteiger partial charge in [-0.25, -0.2) is 9.07 Å². The van der Waals surface area contributed by atoms with Gasteiger partial charge in [0.2, 0.25) is 5.88 Å². The maximum Gasteiger partial charge on any atom is 0.227 e. The van der Waals surface area contributed by atoms with Gasteiger partial charge >= 0.3 is 0 Å². The third kappa shape index (κ3) is 7.12. The molecule has 39 heavy (non-hydrogen) atoms. The van der Waals surface area contributed by atoms with E-state index in [1.165, 1.54) is 12.1 Å². The molecule has 1 aliphatic carbocycles. The Bertz CT molecular complexity index is 1340. The highest BCUT2D eigenvalue weighted by molar-refractivity contribution is 5.44. The number of halogens is 1. The number of hydrogen-bond acceptors (Lipinski definition) is 5. The summed E-state index contributed by atoms with van der Waals surface area (Å²) >= 11 is 0. The van der Waals surface area contributed by atoms with Crippen LogP contribution >= 0.6 is 0 Å². The van der Waals surface area contributed by atoms with E-state index in [0.29, 0.717) is 37.4 Å². The van der Waals surface area contributed by atoms with E-state index >= 15 is 0 Å². The summed E-state index contributed by atoms with van der Waals surface area (Å²) in [5, 5.41) is 15.9. The molecule has 1 aliphatic rings. The number of rotatable bonds is 13. The lowest BCUT2D eigenvalue weighted by atomic mass is 10.1. The average Bonchev–Trinajstić information content (AvgIpc) is 3.72. The van der Waals surface area contributed by atoms with E-state index in [2.05, 4.69) is 18.7 Å². The monoisotopic (exact) mass is 529 g/mol. The standard InChI is InChI=1S/C32H36FN3O3/c1-23(2)31-30(20-35(26-16-17-26)19-28(37)22-38-21-24-10-5-3-6-11-24)32(39-29-15-9-12-25(33)18-29)36(34-31)27-13-7-4-8-14-27/h3-15,18,23,26,28,37H,16-17,19-22H2,1-2H3/t28-/m1/s1. The van der Waals surface area contributed by atoms with Gasteiger partial charge in [-0.1, -0.05) is 68.4 Å². The fourth-order valence-corrected chi connectivity index (χ4v) is 4.75. The van der Waals surface area contributed by atoms with Crippen LogP contribution in [0.25, 0.3) is 5.69 Å². The van der Waals surface area contributed by atoms with Crippen LogP contribution < -0.4 is 4.74 Å². The number of para-hydroxylation sites is 1. The van der Waals surface area contributed by atoms with E-state index in [4.69, 9.17) is 14.6 Å². The largest absolute Gasteiger partial charge is 0.438 e. The molecule has 1 saturated carbocycles. The highest BCUT2D eigenvalue weighted by Crippen LogP contribution is 2.37. The van der Waals surface area contributed by atoms with Gasteiger partial charge in [0, 0.05) is 25.2 Å². The van der Waals surface area contributed by atoms with Crippen LogP contribution in [0.15, 0.2) is 84.9 Å². The molecule has 1 fully saturated rings. The molecule has 0 amide bonds. The van der Waals surface area contributed by atoms with E-state index in [1.54, 1.807) is 16.8 Å². The second-order valence-electron chi connectivity index (χ2n) is 10.4. The maximum absolute atomic E-state index is 14.1. The molecule has 0 bridgehead atoms. The number of aliphatic hydroxyl groups is 1. The minimum absolute atomic E-state index is 0.139. The van der Waals surface area contributed by atoms with Crippen molar-refractivity contribution in [2.24, 2.45) is 0 Å². The van der Waals surface area contributed by atoms with Gasteiger partial charge in [-0.3, -0.25) is 4.90 Å². The molecule has 7 heteroatoms. The van der Waals surface area contributed by atoms with Crippen molar-refractivity contribution < 1.29 is 19.0 Å². The fraction of sp³-hybridized carbons (Fsp3) is 0.344. The van der Waals surface area contributed by atoms with Gasteiger partial charge in [0.1, 0.15) is 11.6 Å². The number of benzene rings is 3. The van der Waals surface area contributed by atoms with Crippen LogP contribution in [-0.2, 0) is 17.9 Å². The predicted octanol–water partition coefficient (Wildman–Crippen LogP) is 6.47. The summed E-state index contributed by atoms with van der Waals surface area (Å²) < 4.78 is 28.1. The number of aliphatic hydroxyl groups excluding tert-OH is 1. The van der Waals surface area contributed by atoms with E-state index in [9.17, 15) is 9.50 Å². The lowest BCUT2D eigenvalue weighted by Gasteiger charge is -2.26. The molecule has 5 rings (SSSR count). The van der Waals surface area contributed by atoms with Crippen molar-refractivity contribution in [1.82, 2.24) is 14.7 Å². The molecule has 1 N–H and O–H groups in total. The first-order valence-corrected chi connectivity index (χ1v) is 13.6. The van der Waals surface area contributed by atoms with Crippen LogP contribution in [0, 0.1) is 5.82 Å². The summed E-state index contributed by atoms with van der Waals surface area (Å²) in [5.41, 5.74) is 3.82. The van der Waals surface area contributed by atoms with E-state index in [0.717, 1.165) is 35.3 Å². The van der Waals surface area contributed by atoms with Crippen LogP contribution in [0.4, 0.5) is 4.39 Å². The van der Waals surface area contributed by atoms with Crippen LogP contribution in [0.1, 0.15) is 49.4 Å². The lowest BCUT2D eigenvalue weighted by Crippen LogP contribution is -2.36. The fourth-order valence-electron chi connectivity index (χ4n) is 4.75. The molecule has 6 nitrogen and oxygen atoms in total. The highest BCUT2D eigenvalue weighted by Gasteiger charge is 2.33. The zero-order chi connectivity index (χ0) is 27.2. The number of nitrogens with zero attached hydrogens (tertiary/aromatic N) is 3. The molecule has 204 valence electrons. The quantitative estimate of drug-likeness (QED) is 0.215. The van der Waals surface area contributed by atoms with Crippen molar-refractivity contribution in [2.45, 2.75) is 57.9 Å². The normalized spacial score (nSPS) is 14.2. The third-order valence-corrected chi connectivity index (χ3v) is 6.82. The molecule has 0 spiro atoms. The van der Waals surface area contributed by atoms with Gasteiger partial charge in [0.25, 0.3) is 0 Å². The third-order valence-electron chi connectivity index (χ3n) is 6.82. The predicted molar refractivity (Wildman–Crippen MR) is 150 cm³/mol. The summed E-state index contributed by atoms with van der Waals surface area (Å²) in [4.78, 5) is 2.30. The molecule has 0 radical (unpaired) electrons. The van der Waals surface area contributed by atoms with Crippen molar-refractivity contribution in [3.8, 4) is 17.3 Å². The second kappa shape index (κ2) is 12.6. The Hall–Kier alpha value is -3.52. The Morgan fingerprint density at radius 3 is 2.38 bits per heavy atom. The maximum atomic E-state index is 14.1. The zero-order valence-electron chi connectivity index (χ0n) is 22.5. The molecular weight excluding hydrogens is 493 g/mol. The summed E-state index contributed by atoms with van der Waals surface area (Å²) in [5.74, 6) is 0.758. The smallest absolute Gasteiger partial charge is 0.227 e. The van der Waals surface area contributed by atoms with Gasteiger partial charge in [0.15, 0.2) is 0 Å². The molecular formula is C32H36FN3O3. The molecule has 0 unspecified atom stereocenters. The van der Waals surface area contributed by atoms with E-state index < -0.39 is 6.10 Å². The number of hydrogen-bond donors (Lipinski definition) is 1. The lowest BCUT2D eigenvalue weighted by molar-refractivity contribution is 0.00692. The van der Waals surface area contributed by atoms with Crippen molar-refractivity contribution in [2.75, 3.05) is 13.2 Å². The van der Waals surface area contributed by atoms with E-state index in [1.807, 2.05) is 60.7 Å². The van der Waals surface area contributed by atoms with Crippen LogP contribution in [-0.4, -0.2) is 45.1 Å².